The van der Waals surface area contributed by atoms with Crippen LogP contribution in [0.25, 0.3) is 71.3 Å². The first-order valence-electron chi connectivity index (χ1n) is 16.7. The van der Waals surface area contributed by atoms with E-state index in [-0.39, 0.29) is 0 Å². The van der Waals surface area contributed by atoms with Crippen LogP contribution in [0.1, 0.15) is 0 Å². The lowest BCUT2D eigenvalue weighted by atomic mass is 10.0. The molecule has 0 radical (unpaired) electrons. The Morgan fingerprint density at radius 2 is 1.00 bits per heavy atom. The Kier molecular flexibility index (Phi) is 6.18. The van der Waals surface area contributed by atoms with E-state index in [2.05, 4.69) is 179 Å². The van der Waals surface area contributed by atoms with E-state index in [1.807, 2.05) is 12.1 Å². The standard InChI is InChI=1S/C46H30N2O/c1-2-15-34(16-3-1)47(36-25-27-41-40-20-7-9-23-45(40)49-46(41)30-36)35-17-10-14-32(28-35)33-24-26-39-38-19-6-8-21-43(38)48(44(39)29-33)42-22-11-13-31-12-4-5-18-37(31)42/h1-30H. The van der Waals surface area contributed by atoms with Crippen molar-refractivity contribution in [2.24, 2.45) is 0 Å². The third-order valence-electron chi connectivity index (χ3n) is 9.75. The van der Waals surface area contributed by atoms with Gasteiger partial charge in [0.15, 0.2) is 0 Å². The zero-order valence-electron chi connectivity index (χ0n) is 26.6. The molecule has 3 heteroatoms. The molecule has 0 N–H and O–H groups in total. The first kappa shape index (κ1) is 27.5. The summed E-state index contributed by atoms with van der Waals surface area (Å²) in [6, 6.07) is 65.0. The number of aromatic nitrogens is 1. The highest BCUT2D eigenvalue weighted by atomic mass is 16.3. The SMILES string of the molecule is c1ccc(N(c2cccc(-c3ccc4c5ccccc5n(-c5cccc6ccccc56)c4c3)c2)c2ccc3c(c2)oc2ccccc23)cc1. The van der Waals surface area contributed by atoms with Crippen LogP contribution in [0.15, 0.2) is 186 Å². The summed E-state index contributed by atoms with van der Waals surface area (Å²) in [4.78, 5) is 2.31. The summed E-state index contributed by atoms with van der Waals surface area (Å²) in [5.74, 6) is 0. The first-order valence-corrected chi connectivity index (χ1v) is 16.7. The second-order valence-corrected chi connectivity index (χ2v) is 12.6. The third-order valence-corrected chi connectivity index (χ3v) is 9.75. The van der Waals surface area contributed by atoms with Crippen molar-refractivity contribution in [3.63, 3.8) is 0 Å². The van der Waals surface area contributed by atoms with E-state index in [0.29, 0.717) is 0 Å². The van der Waals surface area contributed by atoms with E-state index < -0.39 is 0 Å². The Morgan fingerprint density at radius 1 is 0.367 bits per heavy atom. The van der Waals surface area contributed by atoms with Crippen molar-refractivity contribution in [2.75, 3.05) is 4.90 Å². The molecule has 0 amide bonds. The van der Waals surface area contributed by atoms with Crippen LogP contribution in [-0.2, 0) is 0 Å². The van der Waals surface area contributed by atoms with E-state index >= 15 is 0 Å². The van der Waals surface area contributed by atoms with Gasteiger partial charge in [0.25, 0.3) is 0 Å². The van der Waals surface area contributed by atoms with Crippen molar-refractivity contribution in [1.82, 2.24) is 4.57 Å². The first-order chi connectivity index (χ1) is 24.3. The Balaban J connectivity index is 1.15. The Morgan fingerprint density at radius 3 is 1.92 bits per heavy atom. The van der Waals surface area contributed by atoms with Crippen molar-refractivity contribution in [2.45, 2.75) is 0 Å². The quantitative estimate of drug-likeness (QED) is 0.190. The van der Waals surface area contributed by atoms with E-state index in [1.54, 1.807) is 0 Å². The summed E-state index contributed by atoms with van der Waals surface area (Å²) in [6.45, 7) is 0. The lowest BCUT2D eigenvalue weighted by Gasteiger charge is -2.26. The molecule has 0 saturated heterocycles. The van der Waals surface area contributed by atoms with Gasteiger partial charge in [-0.25, -0.2) is 0 Å². The maximum atomic E-state index is 6.32. The fraction of sp³-hybridized carbons (Fsp3) is 0. The molecule has 2 heterocycles. The zero-order valence-corrected chi connectivity index (χ0v) is 26.6. The number of rotatable bonds is 5. The minimum Gasteiger partial charge on any atom is -0.456 e. The molecule has 3 nitrogen and oxygen atoms in total. The molecule has 2 aromatic heterocycles. The number of fused-ring (bicyclic) bond motifs is 7. The van der Waals surface area contributed by atoms with Crippen molar-refractivity contribution >= 4 is 71.6 Å². The third kappa shape index (κ3) is 4.44. The molecule has 0 unspecified atom stereocenters. The monoisotopic (exact) mass is 626 g/mol. The lowest BCUT2D eigenvalue weighted by Crippen LogP contribution is -2.09. The van der Waals surface area contributed by atoms with E-state index in [1.165, 1.54) is 43.8 Å². The summed E-state index contributed by atoms with van der Waals surface area (Å²) in [5.41, 5.74) is 10.9. The van der Waals surface area contributed by atoms with Crippen molar-refractivity contribution in [3.05, 3.63) is 182 Å². The van der Waals surface area contributed by atoms with Gasteiger partial charge >= 0.3 is 0 Å². The van der Waals surface area contributed by atoms with E-state index in [0.717, 1.165) is 44.6 Å². The molecule has 0 spiro atoms. The number of para-hydroxylation sites is 3. The molecular formula is C46H30N2O. The smallest absolute Gasteiger partial charge is 0.137 e. The van der Waals surface area contributed by atoms with Crippen molar-refractivity contribution < 1.29 is 4.42 Å². The molecule has 0 aliphatic carbocycles. The summed E-state index contributed by atoms with van der Waals surface area (Å²) in [7, 11) is 0. The Labute approximate surface area is 283 Å². The highest BCUT2D eigenvalue weighted by molar-refractivity contribution is 6.11. The van der Waals surface area contributed by atoms with Crippen molar-refractivity contribution in [3.8, 4) is 16.8 Å². The van der Waals surface area contributed by atoms with Gasteiger partial charge in [-0.2, -0.15) is 0 Å². The number of furan rings is 1. The van der Waals surface area contributed by atoms with Crippen molar-refractivity contribution in [1.29, 1.82) is 0 Å². The molecule has 49 heavy (non-hydrogen) atoms. The van der Waals surface area contributed by atoms with Crippen LogP contribution in [0.2, 0.25) is 0 Å². The summed E-state index contributed by atoms with van der Waals surface area (Å²) < 4.78 is 8.75. The fourth-order valence-electron chi connectivity index (χ4n) is 7.52. The maximum absolute atomic E-state index is 6.32. The molecule has 230 valence electrons. The molecule has 0 bridgehead atoms. The van der Waals surface area contributed by atoms with Crippen LogP contribution in [0.5, 0.6) is 0 Å². The van der Waals surface area contributed by atoms with Gasteiger partial charge in [-0.15, -0.1) is 0 Å². The molecule has 10 aromatic rings. The number of nitrogens with zero attached hydrogens (tertiary/aromatic N) is 2. The molecule has 8 aromatic carbocycles. The summed E-state index contributed by atoms with van der Waals surface area (Å²) in [5, 5.41) is 7.22. The Bertz CT molecular complexity index is 2840. The minimum atomic E-state index is 0.877. The van der Waals surface area contributed by atoms with Gasteiger partial charge < -0.3 is 13.9 Å². The largest absolute Gasteiger partial charge is 0.456 e. The molecule has 0 aliphatic rings. The molecule has 0 aliphatic heterocycles. The van der Waals surface area contributed by atoms with Gasteiger partial charge in [0, 0.05) is 50.1 Å². The molecule has 0 fully saturated rings. The highest BCUT2D eigenvalue weighted by Crippen LogP contribution is 2.41. The van der Waals surface area contributed by atoms with Crippen LogP contribution in [-0.4, -0.2) is 4.57 Å². The van der Waals surface area contributed by atoms with Crippen LogP contribution in [0, 0.1) is 0 Å². The molecule has 0 saturated carbocycles. The van der Waals surface area contributed by atoms with Crippen LogP contribution in [0.4, 0.5) is 17.1 Å². The van der Waals surface area contributed by atoms with Gasteiger partial charge in [0.1, 0.15) is 11.2 Å². The predicted octanol–water partition coefficient (Wildman–Crippen LogP) is 13.0. The van der Waals surface area contributed by atoms with Crippen LogP contribution < -0.4 is 4.90 Å². The Hall–Kier alpha value is -6.58. The lowest BCUT2D eigenvalue weighted by molar-refractivity contribution is 0.669. The predicted molar refractivity (Wildman–Crippen MR) is 206 cm³/mol. The van der Waals surface area contributed by atoms with Gasteiger partial charge in [0.2, 0.25) is 0 Å². The molecular weight excluding hydrogens is 597 g/mol. The van der Waals surface area contributed by atoms with E-state index in [4.69, 9.17) is 4.42 Å². The summed E-state index contributed by atoms with van der Waals surface area (Å²) >= 11 is 0. The zero-order chi connectivity index (χ0) is 32.3. The van der Waals surface area contributed by atoms with Gasteiger partial charge in [-0.05, 0) is 77.2 Å². The normalized spacial score (nSPS) is 11.7. The highest BCUT2D eigenvalue weighted by Gasteiger charge is 2.18. The summed E-state index contributed by atoms with van der Waals surface area (Å²) in [6.07, 6.45) is 0. The average molecular weight is 627 g/mol. The van der Waals surface area contributed by atoms with E-state index in [9.17, 15) is 0 Å². The second kappa shape index (κ2) is 11.0. The van der Waals surface area contributed by atoms with Gasteiger partial charge in [-0.1, -0.05) is 115 Å². The fourth-order valence-corrected chi connectivity index (χ4v) is 7.52. The topological polar surface area (TPSA) is 21.3 Å². The average Bonchev–Trinajstić information content (AvgIpc) is 3.70. The minimum absolute atomic E-state index is 0.877. The number of hydrogen-bond donors (Lipinski definition) is 0. The van der Waals surface area contributed by atoms with Gasteiger partial charge in [-0.3, -0.25) is 0 Å². The maximum Gasteiger partial charge on any atom is 0.137 e. The molecule has 10 rings (SSSR count). The number of anilines is 3. The van der Waals surface area contributed by atoms with Gasteiger partial charge in [0.05, 0.1) is 16.7 Å². The number of benzene rings is 8. The number of hydrogen-bond acceptors (Lipinski definition) is 2. The van der Waals surface area contributed by atoms with Crippen LogP contribution >= 0.6 is 0 Å². The second-order valence-electron chi connectivity index (χ2n) is 12.6. The molecule has 0 atom stereocenters. The van der Waals surface area contributed by atoms with Crippen LogP contribution in [0.3, 0.4) is 0 Å².